The molecule has 0 unspecified atom stereocenters. The molecule has 6 heteroatoms. The van der Waals surface area contributed by atoms with Gasteiger partial charge in [-0.05, 0) is 18.6 Å². The lowest BCUT2D eigenvalue weighted by Crippen LogP contribution is -2.35. The van der Waals surface area contributed by atoms with Crippen molar-refractivity contribution in [3.8, 4) is 0 Å². The maximum Gasteiger partial charge on any atom is 0.208 e. The van der Waals surface area contributed by atoms with Gasteiger partial charge in [-0.3, -0.25) is 0 Å². The summed E-state index contributed by atoms with van der Waals surface area (Å²) >= 11 is 0. The first kappa shape index (κ1) is 14.9. The summed E-state index contributed by atoms with van der Waals surface area (Å²) in [4.78, 5) is 2.05. The zero-order valence-corrected chi connectivity index (χ0v) is 11.4. The molecular formula is C12H20N2O3S. The highest BCUT2D eigenvalue weighted by Gasteiger charge is 2.07. The van der Waals surface area contributed by atoms with Crippen molar-refractivity contribution in [2.45, 2.75) is 6.42 Å². The minimum absolute atomic E-state index is 0.128. The van der Waals surface area contributed by atoms with Gasteiger partial charge >= 0.3 is 0 Å². The van der Waals surface area contributed by atoms with Crippen LogP contribution < -0.4 is 9.62 Å². The van der Waals surface area contributed by atoms with Crippen LogP contribution in [0, 0.1) is 0 Å². The van der Waals surface area contributed by atoms with Crippen LogP contribution >= 0.6 is 0 Å². The van der Waals surface area contributed by atoms with Crippen molar-refractivity contribution in [2.24, 2.45) is 0 Å². The SMILES string of the molecule is CS(=O)(=O)NCCN(CCCO)c1ccccc1. The number of hydrogen-bond donors (Lipinski definition) is 2. The van der Waals surface area contributed by atoms with E-state index in [1.165, 1.54) is 0 Å². The quantitative estimate of drug-likeness (QED) is 0.720. The lowest BCUT2D eigenvalue weighted by Gasteiger charge is -2.24. The first-order valence-electron chi connectivity index (χ1n) is 5.88. The molecule has 0 spiro atoms. The van der Waals surface area contributed by atoms with Gasteiger partial charge in [-0.1, -0.05) is 18.2 Å². The molecular weight excluding hydrogens is 252 g/mol. The van der Waals surface area contributed by atoms with E-state index < -0.39 is 10.0 Å². The lowest BCUT2D eigenvalue weighted by molar-refractivity contribution is 0.289. The van der Waals surface area contributed by atoms with Crippen molar-refractivity contribution in [1.82, 2.24) is 4.72 Å². The highest BCUT2D eigenvalue weighted by atomic mass is 32.2. The van der Waals surface area contributed by atoms with E-state index in [1.54, 1.807) is 0 Å². The van der Waals surface area contributed by atoms with E-state index in [2.05, 4.69) is 9.62 Å². The monoisotopic (exact) mass is 272 g/mol. The van der Waals surface area contributed by atoms with Crippen molar-refractivity contribution in [3.05, 3.63) is 30.3 Å². The molecule has 102 valence electrons. The van der Waals surface area contributed by atoms with Gasteiger partial charge in [0.25, 0.3) is 0 Å². The van der Waals surface area contributed by atoms with Gasteiger partial charge < -0.3 is 10.0 Å². The molecule has 0 aliphatic rings. The number of benzene rings is 1. The molecule has 5 nitrogen and oxygen atoms in total. The topological polar surface area (TPSA) is 69.6 Å². The molecule has 0 saturated carbocycles. The third kappa shape index (κ3) is 6.00. The van der Waals surface area contributed by atoms with E-state index in [0.717, 1.165) is 11.9 Å². The zero-order valence-electron chi connectivity index (χ0n) is 10.5. The van der Waals surface area contributed by atoms with Crippen LogP contribution in [0.15, 0.2) is 30.3 Å². The fraction of sp³-hybridized carbons (Fsp3) is 0.500. The Bertz CT molecular complexity index is 434. The van der Waals surface area contributed by atoms with E-state index >= 15 is 0 Å². The normalized spacial score (nSPS) is 11.4. The molecule has 0 amide bonds. The van der Waals surface area contributed by atoms with Crippen LogP contribution in [0.5, 0.6) is 0 Å². The summed E-state index contributed by atoms with van der Waals surface area (Å²) in [6, 6.07) is 9.74. The van der Waals surface area contributed by atoms with Gasteiger partial charge in [0, 0.05) is 31.9 Å². The van der Waals surface area contributed by atoms with E-state index in [4.69, 9.17) is 5.11 Å². The maximum atomic E-state index is 11.0. The molecule has 0 aliphatic heterocycles. The zero-order chi connectivity index (χ0) is 13.4. The van der Waals surface area contributed by atoms with Gasteiger partial charge in [0.05, 0.1) is 6.26 Å². The molecule has 0 atom stereocenters. The summed E-state index contributed by atoms with van der Waals surface area (Å²) in [5.74, 6) is 0. The second kappa shape index (κ2) is 7.35. The van der Waals surface area contributed by atoms with Gasteiger partial charge in [-0.15, -0.1) is 0 Å². The molecule has 0 saturated heterocycles. The molecule has 1 aromatic rings. The average Bonchev–Trinajstić information content (AvgIpc) is 2.33. The summed E-state index contributed by atoms with van der Waals surface area (Å²) in [6.45, 7) is 1.77. The fourth-order valence-electron chi connectivity index (χ4n) is 1.64. The Labute approximate surface area is 108 Å². The van der Waals surface area contributed by atoms with Crippen molar-refractivity contribution < 1.29 is 13.5 Å². The van der Waals surface area contributed by atoms with Gasteiger partial charge in [0.15, 0.2) is 0 Å². The highest BCUT2D eigenvalue weighted by molar-refractivity contribution is 7.88. The van der Waals surface area contributed by atoms with Gasteiger partial charge in [-0.2, -0.15) is 0 Å². The van der Waals surface area contributed by atoms with Gasteiger partial charge in [-0.25, -0.2) is 13.1 Å². The van der Waals surface area contributed by atoms with E-state index in [-0.39, 0.29) is 6.61 Å². The average molecular weight is 272 g/mol. The summed E-state index contributed by atoms with van der Waals surface area (Å²) in [7, 11) is -3.15. The Morgan fingerprint density at radius 2 is 1.89 bits per heavy atom. The Kier molecular flexibility index (Phi) is 6.11. The molecule has 0 aromatic heterocycles. The van der Waals surface area contributed by atoms with Crippen LogP contribution in [0.4, 0.5) is 5.69 Å². The first-order valence-corrected chi connectivity index (χ1v) is 7.77. The minimum atomic E-state index is -3.15. The second-order valence-corrected chi connectivity index (χ2v) is 5.90. The van der Waals surface area contributed by atoms with Gasteiger partial charge in [0.2, 0.25) is 10.0 Å². The van der Waals surface area contributed by atoms with Crippen molar-refractivity contribution >= 4 is 15.7 Å². The minimum Gasteiger partial charge on any atom is -0.396 e. The van der Waals surface area contributed by atoms with Crippen LogP contribution in [-0.2, 0) is 10.0 Å². The van der Waals surface area contributed by atoms with Crippen molar-refractivity contribution in [3.63, 3.8) is 0 Å². The Morgan fingerprint density at radius 3 is 2.44 bits per heavy atom. The number of nitrogens with one attached hydrogen (secondary N) is 1. The van der Waals surface area contributed by atoms with E-state index in [9.17, 15) is 8.42 Å². The van der Waals surface area contributed by atoms with E-state index in [1.807, 2.05) is 30.3 Å². The van der Waals surface area contributed by atoms with Crippen molar-refractivity contribution in [1.29, 1.82) is 0 Å². The number of aliphatic hydroxyl groups is 1. The highest BCUT2D eigenvalue weighted by Crippen LogP contribution is 2.12. The molecule has 0 aliphatic carbocycles. The molecule has 0 fully saturated rings. The van der Waals surface area contributed by atoms with Crippen LogP contribution in [-0.4, -0.2) is 46.0 Å². The summed E-state index contributed by atoms with van der Waals surface area (Å²) < 4.78 is 24.5. The summed E-state index contributed by atoms with van der Waals surface area (Å²) in [6.07, 6.45) is 1.81. The Morgan fingerprint density at radius 1 is 1.22 bits per heavy atom. The van der Waals surface area contributed by atoms with Crippen LogP contribution in [0.25, 0.3) is 0 Å². The molecule has 0 heterocycles. The number of rotatable bonds is 8. The third-order valence-corrected chi connectivity index (χ3v) is 3.18. The van der Waals surface area contributed by atoms with Crippen LogP contribution in [0.2, 0.25) is 0 Å². The largest absolute Gasteiger partial charge is 0.396 e. The number of para-hydroxylation sites is 1. The molecule has 0 radical (unpaired) electrons. The number of hydrogen-bond acceptors (Lipinski definition) is 4. The number of aliphatic hydroxyl groups excluding tert-OH is 1. The summed E-state index contributed by atoms with van der Waals surface area (Å²) in [5.41, 5.74) is 1.03. The number of nitrogens with zero attached hydrogens (tertiary/aromatic N) is 1. The first-order chi connectivity index (χ1) is 8.53. The molecule has 18 heavy (non-hydrogen) atoms. The predicted octanol–water partition coefficient (Wildman–Crippen LogP) is 0.425. The second-order valence-electron chi connectivity index (χ2n) is 4.07. The maximum absolute atomic E-state index is 11.0. The van der Waals surface area contributed by atoms with Gasteiger partial charge in [0.1, 0.15) is 0 Å². The standard InChI is InChI=1S/C12H20N2O3S/c1-18(16,17)13-8-10-14(9-5-11-15)12-6-3-2-4-7-12/h2-4,6-7,13,15H,5,8-11H2,1H3. The van der Waals surface area contributed by atoms with Crippen molar-refractivity contribution in [2.75, 3.05) is 37.4 Å². The smallest absolute Gasteiger partial charge is 0.208 e. The molecule has 2 N–H and O–H groups in total. The lowest BCUT2D eigenvalue weighted by atomic mass is 10.2. The van der Waals surface area contributed by atoms with Crippen LogP contribution in [0.1, 0.15) is 6.42 Å². The van der Waals surface area contributed by atoms with Crippen LogP contribution in [0.3, 0.4) is 0 Å². The fourth-order valence-corrected chi connectivity index (χ4v) is 2.10. The number of anilines is 1. The Balaban J connectivity index is 2.56. The molecule has 0 bridgehead atoms. The predicted molar refractivity (Wildman–Crippen MR) is 73.2 cm³/mol. The van der Waals surface area contributed by atoms with E-state index in [0.29, 0.717) is 26.1 Å². The number of sulfonamides is 1. The third-order valence-electron chi connectivity index (χ3n) is 2.45. The summed E-state index contributed by atoms with van der Waals surface area (Å²) in [5, 5.41) is 8.88. The molecule has 1 aromatic carbocycles. The molecule has 1 rings (SSSR count). The Hall–Kier alpha value is -1.11.